The molecule has 0 aliphatic carbocycles. The smallest absolute Gasteiger partial charge is 0.378 e. The minimum atomic E-state index is -4.70. The highest BCUT2D eigenvalue weighted by molar-refractivity contribution is 5.46. The van der Waals surface area contributed by atoms with Crippen LogP contribution in [0.1, 0.15) is 29.8 Å². The van der Waals surface area contributed by atoms with Gasteiger partial charge in [0.1, 0.15) is 5.82 Å². The van der Waals surface area contributed by atoms with E-state index < -0.39 is 23.6 Å². The van der Waals surface area contributed by atoms with Gasteiger partial charge in [-0.25, -0.2) is 4.39 Å². The maximum Gasteiger partial charge on any atom is 0.419 e. The summed E-state index contributed by atoms with van der Waals surface area (Å²) in [6, 6.07) is 6.10. The lowest BCUT2D eigenvalue weighted by molar-refractivity contribution is -0.140. The molecule has 0 aliphatic heterocycles. The Hall–Kier alpha value is -2.11. The number of halogens is 4. The average molecular weight is 298 g/mol. The lowest BCUT2D eigenvalue weighted by Gasteiger charge is -2.18. The Morgan fingerprint density at radius 2 is 1.90 bits per heavy atom. The fourth-order valence-electron chi connectivity index (χ4n) is 2.07. The van der Waals surface area contributed by atoms with Gasteiger partial charge >= 0.3 is 6.18 Å². The molecule has 1 heterocycles. The molecule has 0 fully saturated rings. The number of benzene rings is 1. The molecule has 6 heteroatoms. The highest BCUT2D eigenvalue weighted by Crippen LogP contribution is 2.34. The second-order valence-electron chi connectivity index (χ2n) is 4.76. The number of nitrogens with one attached hydrogen (secondary N) is 1. The number of aryl methyl sites for hydroxylation is 1. The van der Waals surface area contributed by atoms with Gasteiger partial charge in [-0.05, 0) is 32.0 Å². The number of aromatic nitrogens is 1. The third-order valence-corrected chi connectivity index (χ3v) is 3.08. The molecule has 1 N–H and O–H groups in total. The molecule has 0 aliphatic rings. The van der Waals surface area contributed by atoms with Crippen molar-refractivity contribution < 1.29 is 17.6 Å². The molecule has 0 spiro atoms. The average Bonchev–Trinajstić information content (AvgIpc) is 2.37. The molecule has 0 saturated carbocycles. The van der Waals surface area contributed by atoms with Gasteiger partial charge in [0, 0.05) is 23.1 Å². The third-order valence-electron chi connectivity index (χ3n) is 3.08. The number of pyridine rings is 1. The summed E-state index contributed by atoms with van der Waals surface area (Å²) >= 11 is 0. The van der Waals surface area contributed by atoms with E-state index >= 15 is 0 Å². The first-order chi connectivity index (χ1) is 9.79. The summed E-state index contributed by atoms with van der Waals surface area (Å²) < 4.78 is 52.1. The van der Waals surface area contributed by atoms with Gasteiger partial charge in [0.05, 0.1) is 11.6 Å². The predicted molar refractivity (Wildman–Crippen MR) is 72.4 cm³/mol. The van der Waals surface area contributed by atoms with E-state index in [2.05, 4.69) is 10.3 Å². The van der Waals surface area contributed by atoms with Gasteiger partial charge in [-0.1, -0.05) is 12.1 Å². The molecular formula is C15H14F4N2. The Labute approximate surface area is 119 Å². The number of anilines is 1. The van der Waals surface area contributed by atoms with Crippen molar-refractivity contribution in [2.24, 2.45) is 0 Å². The Kier molecular flexibility index (Phi) is 4.16. The van der Waals surface area contributed by atoms with E-state index in [0.29, 0.717) is 5.69 Å². The molecule has 2 rings (SSSR count). The number of nitrogens with zero attached hydrogens (tertiary/aromatic N) is 1. The zero-order valence-electron chi connectivity index (χ0n) is 11.5. The van der Waals surface area contributed by atoms with Crippen LogP contribution in [-0.2, 0) is 6.18 Å². The number of rotatable bonds is 3. The monoisotopic (exact) mass is 298 g/mol. The minimum Gasteiger partial charge on any atom is -0.378 e. The van der Waals surface area contributed by atoms with E-state index in [4.69, 9.17) is 0 Å². The second kappa shape index (κ2) is 5.71. The number of hydrogen-bond donors (Lipinski definition) is 1. The zero-order valence-corrected chi connectivity index (χ0v) is 11.5. The first kappa shape index (κ1) is 15.3. The summed E-state index contributed by atoms with van der Waals surface area (Å²) in [6.45, 7) is 3.40. The summed E-state index contributed by atoms with van der Waals surface area (Å²) in [7, 11) is 0. The molecule has 112 valence electrons. The normalized spacial score (nSPS) is 13.0. The summed E-state index contributed by atoms with van der Waals surface area (Å²) in [6.07, 6.45) is -3.13. The van der Waals surface area contributed by atoms with Crippen LogP contribution in [0.3, 0.4) is 0 Å². The highest BCUT2D eigenvalue weighted by atomic mass is 19.4. The lowest BCUT2D eigenvalue weighted by Crippen LogP contribution is -2.14. The van der Waals surface area contributed by atoms with E-state index in [1.807, 2.05) is 0 Å². The van der Waals surface area contributed by atoms with Crippen LogP contribution in [0.25, 0.3) is 0 Å². The van der Waals surface area contributed by atoms with E-state index in [9.17, 15) is 17.6 Å². The molecule has 1 atom stereocenters. The van der Waals surface area contributed by atoms with Crippen molar-refractivity contribution in [3.05, 3.63) is 59.2 Å². The second-order valence-corrected chi connectivity index (χ2v) is 4.76. The van der Waals surface area contributed by atoms with Gasteiger partial charge in [-0.3, -0.25) is 4.98 Å². The van der Waals surface area contributed by atoms with Crippen molar-refractivity contribution in [1.82, 2.24) is 4.98 Å². The minimum absolute atomic E-state index is 0.0284. The fourth-order valence-corrected chi connectivity index (χ4v) is 2.07. The lowest BCUT2D eigenvalue weighted by atomic mass is 10.0. The first-order valence-corrected chi connectivity index (χ1v) is 6.34. The molecule has 1 unspecified atom stereocenters. The number of alkyl halides is 3. The van der Waals surface area contributed by atoms with E-state index in [1.165, 1.54) is 12.1 Å². The number of hydrogen-bond acceptors (Lipinski definition) is 2. The van der Waals surface area contributed by atoms with Crippen molar-refractivity contribution >= 4 is 5.69 Å². The summed E-state index contributed by atoms with van der Waals surface area (Å²) in [5.74, 6) is -1.24. The molecule has 1 aromatic heterocycles. The maximum absolute atomic E-state index is 14.0. The summed E-state index contributed by atoms with van der Waals surface area (Å²) in [5.41, 5.74) is 0.155. The Bertz CT molecular complexity index is 638. The van der Waals surface area contributed by atoms with Crippen LogP contribution in [0.15, 0.2) is 36.5 Å². The van der Waals surface area contributed by atoms with Crippen LogP contribution < -0.4 is 5.32 Å². The van der Waals surface area contributed by atoms with Gasteiger partial charge in [0.25, 0.3) is 0 Å². The van der Waals surface area contributed by atoms with Gasteiger partial charge in [0.15, 0.2) is 0 Å². The van der Waals surface area contributed by atoms with Crippen LogP contribution in [0.4, 0.5) is 23.2 Å². The molecule has 2 aromatic rings. The van der Waals surface area contributed by atoms with Gasteiger partial charge < -0.3 is 5.32 Å². The zero-order chi connectivity index (χ0) is 15.6. The van der Waals surface area contributed by atoms with Crippen molar-refractivity contribution in [3.8, 4) is 0 Å². The largest absolute Gasteiger partial charge is 0.419 e. The Morgan fingerprint density at radius 1 is 1.19 bits per heavy atom. The van der Waals surface area contributed by atoms with E-state index in [0.717, 1.165) is 11.8 Å². The van der Waals surface area contributed by atoms with Crippen molar-refractivity contribution in [2.45, 2.75) is 26.1 Å². The molecule has 0 radical (unpaired) electrons. The molecule has 21 heavy (non-hydrogen) atoms. The molecule has 2 nitrogen and oxygen atoms in total. The van der Waals surface area contributed by atoms with Gasteiger partial charge in [-0.2, -0.15) is 13.2 Å². The van der Waals surface area contributed by atoms with Gasteiger partial charge in [-0.15, -0.1) is 0 Å². The topological polar surface area (TPSA) is 24.9 Å². The molecule has 1 aromatic carbocycles. The molecule has 0 saturated heterocycles. The standard InChI is InChI=1S/C15H14F4N2/c1-9-8-11(6-7-20-9)21-10(2)12-4-3-5-13(14(12)16)15(17,18)19/h3-8,10H,1-2H3,(H,20,21). The van der Waals surface area contributed by atoms with Crippen molar-refractivity contribution in [3.63, 3.8) is 0 Å². The van der Waals surface area contributed by atoms with Crippen LogP contribution in [0.5, 0.6) is 0 Å². The van der Waals surface area contributed by atoms with Crippen LogP contribution in [-0.4, -0.2) is 4.98 Å². The van der Waals surface area contributed by atoms with Crippen molar-refractivity contribution in [2.75, 3.05) is 5.32 Å². The van der Waals surface area contributed by atoms with E-state index in [-0.39, 0.29) is 5.56 Å². The van der Waals surface area contributed by atoms with Crippen molar-refractivity contribution in [1.29, 1.82) is 0 Å². The molecular weight excluding hydrogens is 284 g/mol. The molecule has 0 bridgehead atoms. The van der Waals surface area contributed by atoms with Crippen LogP contribution in [0, 0.1) is 12.7 Å². The predicted octanol–water partition coefficient (Wildman–Crippen LogP) is 4.72. The maximum atomic E-state index is 14.0. The fraction of sp³-hybridized carbons (Fsp3) is 0.267. The SMILES string of the molecule is Cc1cc(NC(C)c2cccc(C(F)(F)F)c2F)ccn1. The van der Waals surface area contributed by atoms with Crippen LogP contribution >= 0.6 is 0 Å². The summed E-state index contributed by atoms with van der Waals surface area (Å²) in [4.78, 5) is 4.02. The Balaban J connectivity index is 2.30. The van der Waals surface area contributed by atoms with E-state index in [1.54, 1.807) is 32.2 Å². The summed E-state index contributed by atoms with van der Waals surface area (Å²) in [5, 5.41) is 2.97. The Morgan fingerprint density at radius 3 is 2.52 bits per heavy atom. The van der Waals surface area contributed by atoms with Gasteiger partial charge in [0.2, 0.25) is 0 Å². The quantitative estimate of drug-likeness (QED) is 0.829. The third kappa shape index (κ3) is 3.51. The molecule has 0 amide bonds. The first-order valence-electron chi connectivity index (χ1n) is 6.34. The highest BCUT2D eigenvalue weighted by Gasteiger charge is 2.35. The van der Waals surface area contributed by atoms with Crippen LogP contribution in [0.2, 0.25) is 0 Å².